The SMILES string of the molecule is OCCOC1(N2C=NC=CC2)C(O)C(O)CC1N1C=NC=CC1. The van der Waals surface area contributed by atoms with E-state index < -0.39 is 17.9 Å². The van der Waals surface area contributed by atoms with E-state index in [1.807, 2.05) is 17.1 Å². The molecule has 0 amide bonds. The van der Waals surface area contributed by atoms with Gasteiger partial charge in [-0.15, -0.1) is 0 Å². The number of rotatable bonds is 5. The van der Waals surface area contributed by atoms with E-state index in [0.717, 1.165) is 0 Å². The Kier molecular flexibility index (Phi) is 4.76. The van der Waals surface area contributed by atoms with Gasteiger partial charge in [-0.2, -0.15) is 0 Å². The quantitative estimate of drug-likeness (QED) is 0.594. The Bertz CT molecular complexity index is 536. The number of hydrogen-bond acceptors (Lipinski definition) is 8. The summed E-state index contributed by atoms with van der Waals surface area (Å²) in [5, 5.41) is 30.2. The van der Waals surface area contributed by atoms with Crippen LogP contribution in [0.15, 0.2) is 34.5 Å². The number of ether oxygens (including phenoxy) is 1. The lowest BCUT2D eigenvalue weighted by atomic mass is 10.0. The molecule has 1 aliphatic carbocycles. The van der Waals surface area contributed by atoms with Crippen LogP contribution in [0.25, 0.3) is 0 Å². The van der Waals surface area contributed by atoms with Gasteiger partial charge in [0.2, 0.25) is 0 Å². The first-order valence-electron chi connectivity index (χ1n) is 7.70. The molecule has 8 nitrogen and oxygen atoms in total. The molecule has 0 spiro atoms. The molecule has 3 rings (SSSR count). The molecule has 0 bridgehead atoms. The van der Waals surface area contributed by atoms with Gasteiger partial charge in [0.05, 0.1) is 38.0 Å². The first kappa shape index (κ1) is 16.1. The first-order valence-corrected chi connectivity index (χ1v) is 7.70. The normalized spacial score (nSPS) is 36.2. The molecule has 1 saturated carbocycles. The summed E-state index contributed by atoms with van der Waals surface area (Å²) >= 11 is 0. The molecule has 0 aromatic carbocycles. The van der Waals surface area contributed by atoms with Crippen LogP contribution in [0.5, 0.6) is 0 Å². The van der Waals surface area contributed by atoms with E-state index >= 15 is 0 Å². The van der Waals surface area contributed by atoms with E-state index in [0.29, 0.717) is 19.5 Å². The molecule has 2 aliphatic heterocycles. The highest BCUT2D eigenvalue weighted by atomic mass is 16.5. The van der Waals surface area contributed by atoms with Crippen molar-refractivity contribution in [2.24, 2.45) is 9.98 Å². The average molecular weight is 322 g/mol. The summed E-state index contributed by atoms with van der Waals surface area (Å²) in [6, 6.07) is -0.328. The van der Waals surface area contributed by atoms with Crippen molar-refractivity contribution in [3.8, 4) is 0 Å². The number of nitrogens with zero attached hydrogens (tertiary/aromatic N) is 4. The van der Waals surface area contributed by atoms with Crippen molar-refractivity contribution in [2.45, 2.75) is 30.4 Å². The lowest BCUT2D eigenvalue weighted by Crippen LogP contribution is -2.66. The molecule has 0 radical (unpaired) electrons. The first-order chi connectivity index (χ1) is 11.2. The zero-order chi connectivity index (χ0) is 16.3. The summed E-state index contributed by atoms with van der Waals surface area (Å²) < 4.78 is 5.94. The highest BCUT2D eigenvalue weighted by Crippen LogP contribution is 2.40. The Hall–Kier alpha value is -1.74. The van der Waals surface area contributed by atoms with Gasteiger partial charge in [0.15, 0.2) is 5.72 Å². The number of aliphatic hydroxyl groups is 3. The summed E-state index contributed by atoms with van der Waals surface area (Å²) in [5.41, 5.74) is -1.20. The molecular weight excluding hydrogens is 300 g/mol. The van der Waals surface area contributed by atoms with E-state index in [1.54, 1.807) is 30.0 Å². The molecule has 1 fully saturated rings. The Morgan fingerprint density at radius 2 is 1.87 bits per heavy atom. The van der Waals surface area contributed by atoms with Gasteiger partial charge in [0.1, 0.15) is 6.10 Å². The summed E-state index contributed by atoms with van der Waals surface area (Å²) in [5.74, 6) is 0. The zero-order valence-electron chi connectivity index (χ0n) is 12.8. The average Bonchev–Trinajstić information content (AvgIpc) is 2.87. The third-order valence-corrected chi connectivity index (χ3v) is 4.43. The third-order valence-electron chi connectivity index (χ3n) is 4.43. The van der Waals surface area contributed by atoms with E-state index in [-0.39, 0.29) is 19.3 Å². The van der Waals surface area contributed by atoms with Gasteiger partial charge >= 0.3 is 0 Å². The molecule has 3 N–H and O–H groups in total. The van der Waals surface area contributed by atoms with Crippen LogP contribution in [-0.4, -0.2) is 88.1 Å². The Labute approximate surface area is 134 Å². The van der Waals surface area contributed by atoms with Crippen LogP contribution in [0.1, 0.15) is 6.42 Å². The summed E-state index contributed by atoms with van der Waals surface area (Å²) in [6.07, 6.45) is 8.69. The monoisotopic (exact) mass is 322 g/mol. The highest BCUT2D eigenvalue weighted by Gasteiger charge is 2.60. The van der Waals surface area contributed by atoms with Crippen molar-refractivity contribution >= 4 is 12.7 Å². The minimum atomic E-state index is -1.20. The maximum absolute atomic E-state index is 10.7. The molecule has 0 aromatic rings. The molecule has 126 valence electrons. The molecule has 8 heteroatoms. The molecule has 0 aromatic heterocycles. The largest absolute Gasteiger partial charge is 0.394 e. The van der Waals surface area contributed by atoms with Gasteiger partial charge in [-0.05, 0) is 12.2 Å². The summed E-state index contributed by atoms with van der Waals surface area (Å²) in [4.78, 5) is 12.0. The fourth-order valence-corrected chi connectivity index (χ4v) is 3.44. The second-order valence-corrected chi connectivity index (χ2v) is 5.74. The van der Waals surface area contributed by atoms with Gasteiger partial charge in [0.25, 0.3) is 0 Å². The third kappa shape index (κ3) is 2.78. The van der Waals surface area contributed by atoms with E-state index in [1.165, 1.54) is 0 Å². The van der Waals surface area contributed by atoms with E-state index in [2.05, 4.69) is 9.98 Å². The fourth-order valence-electron chi connectivity index (χ4n) is 3.44. The van der Waals surface area contributed by atoms with Gasteiger partial charge in [-0.1, -0.05) is 0 Å². The smallest absolute Gasteiger partial charge is 0.191 e. The van der Waals surface area contributed by atoms with E-state index in [4.69, 9.17) is 4.74 Å². The topological polar surface area (TPSA) is 101 Å². The van der Waals surface area contributed by atoms with Gasteiger partial charge in [0, 0.05) is 31.9 Å². The summed E-state index contributed by atoms with van der Waals surface area (Å²) in [6.45, 7) is 0.982. The van der Waals surface area contributed by atoms with Crippen LogP contribution < -0.4 is 0 Å². The molecular formula is C15H22N4O4. The predicted octanol–water partition coefficient (Wildman–Crippen LogP) is -1.10. The summed E-state index contributed by atoms with van der Waals surface area (Å²) in [7, 11) is 0. The standard InChI is InChI=1S/C15H22N4O4/c20-7-8-23-15(19-6-2-4-17-11-19)13(9-12(21)14(15)22)18-5-1-3-16-10-18/h1-4,10-14,20-22H,5-9H2. The van der Waals surface area contributed by atoms with Crippen molar-refractivity contribution in [2.75, 3.05) is 26.3 Å². The minimum absolute atomic E-state index is 0.0508. The van der Waals surface area contributed by atoms with Crippen LogP contribution in [0.4, 0.5) is 0 Å². The Balaban J connectivity index is 1.96. The van der Waals surface area contributed by atoms with Gasteiger partial charge in [-0.25, -0.2) is 9.98 Å². The van der Waals surface area contributed by atoms with Crippen molar-refractivity contribution in [1.82, 2.24) is 9.80 Å². The highest BCUT2D eigenvalue weighted by molar-refractivity contribution is 5.62. The van der Waals surface area contributed by atoms with Gasteiger partial charge in [-0.3, -0.25) is 0 Å². The van der Waals surface area contributed by atoms with Crippen molar-refractivity contribution < 1.29 is 20.1 Å². The van der Waals surface area contributed by atoms with Crippen LogP contribution in [0.2, 0.25) is 0 Å². The lowest BCUT2D eigenvalue weighted by molar-refractivity contribution is -0.207. The van der Waals surface area contributed by atoms with Crippen LogP contribution in [-0.2, 0) is 4.74 Å². The van der Waals surface area contributed by atoms with Gasteiger partial charge < -0.3 is 29.9 Å². The fraction of sp³-hybridized carbons (Fsp3) is 0.600. The molecule has 23 heavy (non-hydrogen) atoms. The molecule has 4 atom stereocenters. The maximum Gasteiger partial charge on any atom is 0.191 e. The van der Waals surface area contributed by atoms with Crippen molar-refractivity contribution in [1.29, 1.82) is 0 Å². The number of aliphatic hydroxyl groups excluding tert-OH is 3. The second kappa shape index (κ2) is 6.79. The van der Waals surface area contributed by atoms with Crippen molar-refractivity contribution in [3.05, 3.63) is 24.6 Å². The minimum Gasteiger partial charge on any atom is -0.394 e. The van der Waals surface area contributed by atoms with Crippen LogP contribution in [0, 0.1) is 0 Å². The maximum atomic E-state index is 10.7. The molecule has 4 unspecified atom stereocenters. The van der Waals surface area contributed by atoms with Crippen LogP contribution >= 0.6 is 0 Å². The predicted molar refractivity (Wildman–Crippen MR) is 84.9 cm³/mol. The van der Waals surface area contributed by atoms with E-state index in [9.17, 15) is 15.3 Å². The molecule has 0 saturated heterocycles. The molecule has 3 aliphatic rings. The molecule has 2 heterocycles. The van der Waals surface area contributed by atoms with Crippen molar-refractivity contribution in [3.63, 3.8) is 0 Å². The lowest BCUT2D eigenvalue weighted by Gasteiger charge is -2.48. The zero-order valence-corrected chi connectivity index (χ0v) is 12.8. The van der Waals surface area contributed by atoms with Crippen LogP contribution in [0.3, 0.4) is 0 Å². The Morgan fingerprint density at radius 3 is 2.48 bits per heavy atom. The number of hydrogen-bond donors (Lipinski definition) is 3. The second-order valence-electron chi connectivity index (χ2n) is 5.74. The Morgan fingerprint density at radius 1 is 1.13 bits per heavy atom. The number of aliphatic imine (C=N–C) groups is 2.